The van der Waals surface area contributed by atoms with E-state index in [-0.39, 0.29) is 6.04 Å². The summed E-state index contributed by atoms with van der Waals surface area (Å²) in [4.78, 5) is 4.35. The fourth-order valence-electron chi connectivity index (χ4n) is 1.98. The van der Waals surface area contributed by atoms with Gasteiger partial charge in [-0.15, -0.1) is 0 Å². The molecule has 1 aliphatic rings. The molecule has 1 aromatic carbocycles. The van der Waals surface area contributed by atoms with Gasteiger partial charge in [-0.05, 0) is 30.9 Å². The summed E-state index contributed by atoms with van der Waals surface area (Å²) >= 11 is 6.09. The van der Waals surface area contributed by atoms with Crippen LogP contribution in [0.2, 0.25) is 5.02 Å². The van der Waals surface area contributed by atoms with Gasteiger partial charge in [0.1, 0.15) is 0 Å². The molecule has 5 heteroatoms. The van der Waals surface area contributed by atoms with E-state index in [1.807, 2.05) is 24.3 Å². The van der Waals surface area contributed by atoms with E-state index in [0.717, 1.165) is 5.56 Å². The van der Waals surface area contributed by atoms with E-state index in [2.05, 4.69) is 10.1 Å². The largest absolute Gasteiger partial charge is 0.339 e. The van der Waals surface area contributed by atoms with Gasteiger partial charge in [0.05, 0.1) is 5.02 Å². The zero-order valence-corrected chi connectivity index (χ0v) is 10.6. The molecule has 94 valence electrons. The van der Waals surface area contributed by atoms with Crippen molar-refractivity contribution in [3.63, 3.8) is 0 Å². The molecule has 0 saturated heterocycles. The van der Waals surface area contributed by atoms with Crippen molar-refractivity contribution in [2.75, 3.05) is 0 Å². The standard InChI is InChI=1S/C13H14ClN3O/c14-10-4-2-1-3-9(10)13-16-12(18-17-13)7-11(15)8-5-6-8/h1-4,8,11H,5-7,15H2. The van der Waals surface area contributed by atoms with Gasteiger partial charge in [-0.25, -0.2) is 0 Å². The third kappa shape index (κ3) is 2.40. The summed E-state index contributed by atoms with van der Waals surface area (Å²) in [7, 11) is 0. The molecular formula is C13H14ClN3O. The zero-order chi connectivity index (χ0) is 12.5. The Morgan fingerprint density at radius 3 is 2.89 bits per heavy atom. The lowest BCUT2D eigenvalue weighted by atomic mass is 10.1. The SMILES string of the molecule is NC(Cc1nc(-c2ccccc2Cl)no1)C1CC1. The molecule has 1 saturated carbocycles. The third-order valence-electron chi connectivity index (χ3n) is 3.22. The van der Waals surface area contributed by atoms with Crippen LogP contribution in [0.5, 0.6) is 0 Å². The summed E-state index contributed by atoms with van der Waals surface area (Å²) in [6.07, 6.45) is 3.07. The molecule has 0 aliphatic heterocycles. The molecule has 18 heavy (non-hydrogen) atoms. The Morgan fingerprint density at radius 1 is 1.39 bits per heavy atom. The van der Waals surface area contributed by atoms with Crippen molar-refractivity contribution in [3.8, 4) is 11.4 Å². The third-order valence-corrected chi connectivity index (χ3v) is 3.55. The van der Waals surface area contributed by atoms with E-state index in [1.165, 1.54) is 12.8 Å². The number of hydrogen-bond donors (Lipinski definition) is 1. The van der Waals surface area contributed by atoms with Gasteiger partial charge in [-0.1, -0.05) is 28.9 Å². The molecule has 1 aliphatic carbocycles. The number of nitrogens with two attached hydrogens (primary N) is 1. The Labute approximate surface area is 110 Å². The van der Waals surface area contributed by atoms with E-state index in [1.54, 1.807) is 0 Å². The molecule has 1 unspecified atom stereocenters. The van der Waals surface area contributed by atoms with E-state index in [4.69, 9.17) is 21.9 Å². The lowest BCUT2D eigenvalue weighted by Gasteiger charge is -2.04. The van der Waals surface area contributed by atoms with Gasteiger partial charge in [0.25, 0.3) is 0 Å². The number of nitrogens with zero attached hydrogens (tertiary/aromatic N) is 2. The second-order valence-corrected chi connectivity index (χ2v) is 5.10. The lowest BCUT2D eigenvalue weighted by Crippen LogP contribution is -2.25. The summed E-state index contributed by atoms with van der Waals surface area (Å²) in [5.74, 6) is 1.74. The summed E-state index contributed by atoms with van der Waals surface area (Å²) in [5.41, 5.74) is 6.82. The quantitative estimate of drug-likeness (QED) is 0.921. The molecule has 0 spiro atoms. The van der Waals surface area contributed by atoms with Crippen LogP contribution in [0.15, 0.2) is 28.8 Å². The number of benzene rings is 1. The van der Waals surface area contributed by atoms with Crippen LogP contribution in [-0.2, 0) is 6.42 Å². The maximum Gasteiger partial charge on any atom is 0.228 e. The van der Waals surface area contributed by atoms with Gasteiger partial charge >= 0.3 is 0 Å². The van der Waals surface area contributed by atoms with Crippen molar-refractivity contribution in [1.29, 1.82) is 0 Å². The number of halogens is 1. The van der Waals surface area contributed by atoms with Crippen molar-refractivity contribution in [2.45, 2.75) is 25.3 Å². The smallest absolute Gasteiger partial charge is 0.228 e. The predicted octanol–water partition coefficient (Wildman–Crippen LogP) is 2.67. The summed E-state index contributed by atoms with van der Waals surface area (Å²) in [6.45, 7) is 0. The Kier molecular flexibility index (Phi) is 3.06. The Morgan fingerprint density at radius 2 is 2.17 bits per heavy atom. The fourth-order valence-corrected chi connectivity index (χ4v) is 2.20. The van der Waals surface area contributed by atoms with Gasteiger partial charge in [0, 0.05) is 18.0 Å². The monoisotopic (exact) mass is 263 g/mol. The van der Waals surface area contributed by atoms with Gasteiger partial charge < -0.3 is 10.3 Å². The summed E-state index contributed by atoms with van der Waals surface area (Å²) < 4.78 is 5.22. The molecule has 1 atom stereocenters. The maximum absolute atomic E-state index is 6.09. The van der Waals surface area contributed by atoms with Crippen LogP contribution >= 0.6 is 11.6 Å². The zero-order valence-electron chi connectivity index (χ0n) is 9.84. The molecule has 2 N–H and O–H groups in total. The molecule has 1 fully saturated rings. The van der Waals surface area contributed by atoms with Crippen LogP contribution in [0.1, 0.15) is 18.7 Å². The molecule has 2 aromatic rings. The second kappa shape index (κ2) is 4.71. The highest BCUT2D eigenvalue weighted by Gasteiger charge is 2.29. The molecule has 0 amide bonds. The van der Waals surface area contributed by atoms with E-state index < -0.39 is 0 Å². The fraction of sp³-hybridized carbons (Fsp3) is 0.385. The molecule has 1 heterocycles. The van der Waals surface area contributed by atoms with E-state index in [9.17, 15) is 0 Å². The van der Waals surface area contributed by atoms with Crippen molar-refractivity contribution in [3.05, 3.63) is 35.2 Å². The van der Waals surface area contributed by atoms with Crippen molar-refractivity contribution < 1.29 is 4.52 Å². The lowest BCUT2D eigenvalue weighted by molar-refractivity contribution is 0.364. The minimum atomic E-state index is 0.129. The Balaban J connectivity index is 1.78. The van der Waals surface area contributed by atoms with E-state index >= 15 is 0 Å². The molecule has 4 nitrogen and oxygen atoms in total. The first-order chi connectivity index (χ1) is 8.74. The van der Waals surface area contributed by atoms with Crippen LogP contribution in [0.4, 0.5) is 0 Å². The summed E-state index contributed by atoms with van der Waals surface area (Å²) in [5, 5.41) is 4.58. The van der Waals surface area contributed by atoms with Crippen LogP contribution in [-0.4, -0.2) is 16.2 Å². The van der Waals surface area contributed by atoms with Gasteiger partial charge in [0.2, 0.25) is 11.7 Å². The van der Waals surface area contributed by atoms with Gasteiger partial charge in [-0.2, -0.15) is 4.98 Å². The van der Waals surface area contributed by atoms with Gasteiger partial charge in [0.15, 0.2) is 0 Å². The molecule has 1 aromatic heterocycles. The van der Waals surface area contributed by atoms with Crippen LogP contribution in [0.3, 0.4) is 0 Å². The first kappa shape index (κ1) is 11.7. The highest BCUT2D eigenvalue weighted by atomic mass is 35.5. The first-order valence-electron chi connectivity index (χ1n) is 6.07. The Bertz CT molecular complexity index is 551. The van der Waals surface area contributed by atoms with Crippen molar-refractivity contribution >= 4 is 11.6 Å². The molecular weight excluding hydrogens is 250 g/mol. The van der Waals surface area contributed by atoms with Crippen LogP contribution in [0, 0.1) is 5.92 Å². The minimum absolute atomic E-state index is 0.129. The highest BCUT2D eigenvalue weighted by molar-refractivity contribution is 6.33. The number of aromatic nitrogens is 2. The highest BCUT2D eigenvalue weighted by Crippen LogP contribution is 2.33. The second-order valence-electron chi connectivity index (χ2n) is 4.70. The topological polar surface area (TPSA) is 64.9 Å². The normalized spacial score (nSPS) is 16.8. The van der Waals surface area contributed by atoms with Crippen molar-refractivity contribution in [1.82, 2.24) is 10.1 Å². The number of rotatable bonds is 4. The first-order valence-corrected chi connectivity index (χ1v) is 6.45. The molecule has 0 bridgehead atoms. The number of hydrogen-bond acceptors (Lipinski definition) is 4. The predicted molar refractivity (Wildman–Crippen MR) is 69.1 cm³/mol. The molecule has 3 rings (SSSR count). The van der Waals surface area contributed by atoms with Crippen LogP contribution in [0.25, 0.3) is 11.4 Å². The average Bonchev–Trinajstić information content (AvgIpc) is 3.12. The minimum Gasteiger partial charge on any atom is -0.339 e. The van der Waals surface area contributed by atoms with Gasteiger partial charge in [-0.3, -0.25) is 0 Å². The van der Waals surface area contributed by atoms with E-state index in [0.29, 0.717) is 29.1 Å². The van der Waals surface area contributed by atoms with Crippen LogP contribution < -0.4 is 5.73 Å². The summed E-state index contributed by atoms with van der Waals surface area (Å²) in [6, 6.07) is 7.58. The van der Waals surface area contributed by atoms with Crippen molar-refractivity contribution in [2.24, 2.45) is 11.7 Å². The maximum atomic E-state index is 6.09. The molecule has 0 radical (unpaired) electrons. The average molecular weight is 264 g/mol. The Hall–Kier alpha value is -1.39.